The smallest absolute Gasteiger partial charge is 0.143 e. The van der Waals surface area contributed by atoms with Crippen LogP contribution in [-0.4, -0.2) is 34.1 Å². The van der Waals surface area contributed by atoms with Crippen LogP contribution in [0.25, 0.3) is 10.9 Å². The summed E-state index contributed by atoms with van der Waals surface area (Å²) in [5, 5.41) is 14.0. The van der Waals surface area contributed by atoms with Crippen molar-refractivity contribution in [3.8, 4) is 6.07 Å². The van der Waals surface area contributed by atoms with E-state index in [0.717, 1.165) is 60.5 Å². The summed E-state index contributed by atoms with van der Waals surface area (Å²) in [4.78, 5) is 15.4. The molecule has 1 aliphatic rings. The number of fused-ring (bicyclic) bond motifs is 1. The Bertz CT molecular complexity index is 985. The zero-order valence-corrected chi connectivity index (χ0v) is 15.4. The average molecular weight is 358 g/mol. The maximum atomic E-state index is 9.27. The highest BCUT2D eigenvalue weighted by molar-refractivity contribution is 5.91. The fraction of sp³-hybridized carbons (Fsp3) is 0.333. The minimum absolute atomic E-state index is 0.367. The Morgan fingerprint density at radius 3 is 2.78 bits per heavy atom. The first-order valence-electron chi connectivity index (χ1n) is 9.39. The van der Waals surface area contributed by atoms with E-state index in [0.29, 0.717) is 11.7 Å². The van der Waals surface area contributed by atoms with E-state index in [4.69, 9.17) is 0 Å². The number of para-hydroxylation sites is 1. The summed E-state index contributed by atoms with van der Waals surface area (Å²) in [7, 11) is 0. The van der Waals surface area contributed by atoms with E-state index >= 15 is 0 Å². The lowest BCUT2D eigenvalue weighted by atomic mass is 10.0. The summed E-state index contributed by atoms with van der Waals surface area (Å²) in [6, 6.07) is 14.4. The fourth-order valence-electron chi connectivity index (χ4n) is 3.58. The summed E-state index contributed by atoms with van der Waals surface area (Å²) < 4.78 is 0. The van der Waals surface area contributed by atoms with Gasteiger partial charge in [0.15, 0.2) is 0 Å². The molecule has 1 aromatic carbocycles. The summed E-state index contributed by atoms with van der Waals surface area (Å²) in [6.07, 6.45) is 4.61. The van der Waals surface area contributed by atoms with Crippen molar-refractivity contribution in [1.29, 1.82) is 5.26 Å². The number of benzene rings is 1. The lowest BCUT2D eigenvalue weighted by molar-refractivity contribution is 0.523. The van der Waals surface area contributed by atoms with Gasteiger partial charge in [0.2, 0.25) is 0 Å². The van der Waals surface area contributed by atoms with Gasteiger partial charge in [-0.1, -0.05) is 25.1 Å². The first-order chi connectivity index (χ1) is 13.3. The van der Waals surface area contributed by atoms with E-state index in [-0.39, 0.29) is 0 Å². The second-order valence-electron chi connectivity index (χ2n) is 6.81. The van der Waals surface area contributed by atoms with Crippen molar-refractivity contribution in [2.75, 3.05) is 23.3 Å². The van der Waals surface area contributed by atoms with Gasteiger partial charge in [0.05, 0.1) is 5.52 Å². The molecule has 4 rings (SSSR count). The Hall–Kier alpha value is -3.20. The predicted octanol–water partition coefficient (Wildman–Crippen LogP) is 3.54. The van der Waals surface area contributed by atoms with Crippen molar-refractivity contribution in [3.05, 3.63) is 54.1 Å². The molecule has 0 radical (unpaired) electrons. The highest BCUT2D eigenvalue weighted by Gasteiger charge is 2.21. The molecule has 0 aliphatic carbocycles. The number of aromatic nitrogens is 3. The molecule has 3 heterocycles. The van der Waals surface area contributed by atoms with Crippen LogP contribution in [0.3, 0.4) is 0 Å². The molecule has 0 amide bonds. The van der Waals surface area contributed by atoms with Crippen molar-refractivity contribution in [1.82, 2.24) is 15.0 Å². The summed E-state index contributed by atoms with van der Waals surface area (Å²) in [5.74, 6) is 1.02. The fourth-order valence-corrected chi connectivity index (χ4v) is 3.58. The zero-order valence-electron chi connectivity index (χ0n) is 15.4. The van der Waals surface area contributed by atoms with Gasteiger partial charge in [-0.15, -0.1) is 0 Å². The Morgan fingerprint density at radius 1 is 1.19 bits per heavy atom. The van der Waals surface area contributed by atoms with Crippen molar-refractivity contribution < 1.29 is 0 Å². The van der Waals surface area contributed by atoms with Gasteiger partial charge >= 0.3 is 0 Å². The first kappa shape index (κ1) is 17.2. The van der Waals surface area contributed by atoms with E-state index in [1.165, 1.54) is 0 Å². The third-order valence-corrected chi connectivity index (χ3v) is 5.08. The van der Waals surface area contributed by atoms with Gasteiger partial charge in [-0.3, -0.25) is 0 Å². The maximum Gasteiger partial charge on any atom is 0.143 e. The molecule has 6 heteroatoms. The SMILES string of the molecule is CCc1cc(N2CCC(Nc3cc(C#N)nc4ccccc34)CC2)ncn1. The van der Waals surface area contributed by atoms with Gasteiger partial charge in [0.1, 0.15) is 23.9 Å². The molecule has 3 aromatic rings. The minimum Gasteiger partial charge on any atom is -0.382 e. The van der Waals surface area contributed by atoms with E-state index in [1.807, 2.05) is 30.3 Å². The molecule has 0 atom stereocenters. The van der Waals surface area contributed by atoms with Crippen LogP contribution in [-0.2, 0) is 6.42 Å². The minimum atomic E-state index is 0.367. The van der Waals surface area contributed by atoms with Gasteiger partial charge in [-0.05, 0) is 31.4 Å². The molecule has 0 bridgehead atoms. The van der Waals surface area contributed by atoms with Gasteiger partial charge in [0, 0.05) is 42.0 Å². The van der Waals surface area contributed by atoms with E-state index < -0.39 is 0 Å². The van der Waals surface area contributed by atoms with Crippen LogP contribution in [0.5, 0.6) is 0 Å². The average Bonchev–Trinajstić information content (AvgIpc) is 2.74. The molecule has 0 unspecified atom stereocenters. The van der Waals surface area contributed by atoms with Crippen molar-refractivity contribution in [2.45, 2.75) is 32.2 Å². The molecule has 6 nitrogen and oxygen atoms in total. The normalized spacial score (nSPS) is 14.9. The molecule has 27 heavy (non-hydrogen) atoms. The molecular weight excluding hydrogens is 336 g/mol. The lowest BCUT2D eigenvalue weighted by Gasteiger charge is -2.33. The quantitative estimate of drug-likeness (QED) is 0.769. The monoisotopic (exact) mass is 358 g/mol. The number of aryl methyl sites for hydroxylation is 1. The lowest BCUT2D eigenvalue weighted by Crippen LogP contribution is -2.39. The summed E-state index contributed by atoms with van der Waals surface area (Å²) in [5.41, 5.74) is 3.37. The Balaban J connectivity index is 1.48. The third kappa shape index (κ3) is 3.68. The molecule has 1 saturated heterocycles. The van der Waals surface area contributed by atoms with Crippen LogP contribution in [0.15, 0.2) is 42.7 Å². The number of nitrogens with one attached hydrogen (secondary N) is 1. The largest absolute Gasteiger partial charge is 0.382 e. The molecule has 1 fully saturated rings. The topological polar surface area (TPSA) is 77.7 Å². The third-order valence-electron chi connectivity index (χ3n) is 5.08. The van der Waals surface area contributed by atoms with Gasteiger partial charge in [-0.2, -0.15) is 5.26 Å². The zero-order chi connectivity index (χ0) is 18.6. The number of nitrogens with zero attached hydrogens (tertiary/aromatic N) is 5. The number of anilines is 2. The number of piperidine rings is 1. The highest BCUT2D eigenvalue weighted by atomic mass is 15.2. The molecule has 136 valence electrons. The van der Waals surface area contributed by atoms with Crippen LogP contribution in [0, 0.1) is 11.3 Å². The van der Waals surface area contributed by atoms with E-state index in [1.54, 1.807) is 6.33 Å². The first-order valence-corrected chi connectivity index (χ1v) is 9.39. The number of nitriles is 1. The number of hydrogen-bond donors (Lipinski definition) is 1. The van der Waals surface area contributed by atoms with E-state index in [2.05, 4.69) is 44.2 Å². The summed E-state index contributed by atoms with van der Waals surface area (Å²) in [6.45, 7) is 4.01. The standard InChI is InChI=1S/C21H22N6/c1-2-15-12-21(24-14-23-15)27-9-7-16(8-10-27)25-20-11-17(13-22)26-19-6-4-3-5-18(19)20/h3-6,11-12,14,16H,2,7-10H2,1H3,(H,25,26). The number of pyridine rings is 1. The molecular formula is C21H22N6. The second kappa shape index (κ2) is 7.58. The van der Waals surface area contributed by atoms with Crippen LogP contribution in [0.2, 0.25) is 0 Å². The molecule has 0 spiro atoms. The van der Waals surface area contributed by atoms with Crippen molar-refractivity contribution in [3.63, 3.8) is 0 Å². The van der Waals surface area contributed by atoms with Gasteiger partial charge in [0.25, 0.3) is 0 Å². The Kier molecular flexibility index (Phi) is 4.84. The van der Waals surface area contributed by atoms with Crippen LogP contribution in [0.4, 0.5) is 11.5 Å². The molecule has 0 saturated carbocycles. The molecule has 2 aromatic heterocycles. The number of hydrogen-bond acceptors (Lipinski definition) is 6. The molecule has 1 aliphatic heterocycles. The van der Waals surface area contributed by atoms with Gasteiger partial charge in [-0.25, -0.2) is 15.0 Å². The predicted molar refractivity (Wildman–Crippen MR) is 107 cm³/mol. The molecule has 1 N–H and O–H groups in total. The van der Waals surface area contributed by atoms with Crippen molar-refractivity contribution in [2.24, 2.45) is 0 Å². The van der Waals surface area contributed by atoms with Gasteiger partial charge < -0.3 is 10.2 Å². The Labute approximate surface area is 158 Å². The van der Waals surface area contributed by atoms with Crippen LogP contribution < -0.4 is 10.2 Å². The summed E-state index contributed by atoms with van der Waals surface area (Å²) >= 11 is 0. The van der Waals surface area contributed by atoms with Crippen LogP contribution in [0.1, 0.15) is 31.2 Å². The number of rotatable bonds is 4. The maximum absolute atomic E-state index is 9.27. The second-order valence-corrected chi connectivity index (χ2v) is 6.81. The highest BCUT2D eigenvalue weighted by Crippen LogP contribution is 2.26. The van der Waals surface area contributed by atoms with Crippen molar-refractivity contribution >= 4 is 22.4 Å². The van der Waals surface area contributed by atoms with E-state index in [9.17, 15) is 5.26 Å². The van der Waals surface area contributed by atoms with Crippen LogP contribution >= 0.6 is 0 Å². The Morgan fingerprint density at radius 2 is 2.00 bits per heavy atom.